The van der Waals surface area contributed by atoms with E-state index in [1.54, 1.807) is 6.92 Å². The molecule has 1 rings (SSSR count). The maximum atomic E-state index is 12.7. The SMILES string of the molecule is CCC(C)C(N)C(=O)NC(CO)C(=O)NC(Cc1cnc[nH]1)C(=O)NC(CC(=O)O)C(=O)O. The lowest BCUT2D eigenvalue weighted by molar-refractivity contribution is -0.147. The number of carboxylic acid groups (broad SMARTS) is 2. The minimum atomic E-state index is -1.74. The quantitative estimate of drug-likeness (QED) is 0.140. The zero-order valence-corrected chi connectivity index (χ0v) is 18.3. The average Bonchev–Trinajstić information content (AvgIpc) is 3.27. The Morgan fingerprint density at radius 1 is 1.03 bits per heavy atom. The molecule has 1 aromatic rings. The highest BCUT2D eigenvalue weighted by atomic mass is 16.4. The van der Waals surface area contributed by atoms with E-state index in [-0.39, 0.29) is 12.3 Å². The molecule has 33 heavy (non-hydrogen) atoms. The molecule has 9 N–H and O–H groups in total. The van der Waals surface area contributed by atoms with Crippen LogP contribution in [0.2, 0.25) is 0 Å². The molecular weight excluding hydrogens is 440 g/mol. The standard InChI is InChI=1S/C19H30N6O8/c1-3-9(2)15(20)18(31)25-13(7-26)17(30)23-11(4-10-6-21-8-22-10)16(29)24-12(19(32)33)5-14(27)28/h6,8-9,11-13,15,26H,3-5,7,20H2,1-2H3,(H,21,22)(H,23,30)(H,24,29)(H,25,31)(H,27,28)(H,32,33). The first-order valence-electron chi connectivity index (χ1n) is 10.2. The number of rotatable bonds is 14. The van der Waals surface area contributed by atoms with E-state index >= 15 is 0 Å². The number of hydrogen-bond acceptors (Lipinski definition) is 8. The molecule has 1 heterocycles. The number of hydrogen-bond donors (Lipinski definition) is 8. The van der Waals surface area contributed by atoms with Crippen molar-refractivity contribution in [3.05, 3.63) is 18.2 Å². The van der Waals surface area contributed by atoms with Crippen molar-refractivity contribution in [1.82, 2.24) is 25.9 Å². The molecule has 0 radical (unpaired) electrons. The maximum absolute atomic E-state index is 12.7. The van der Waals surface area contributed by atoms with E-state index < -0.39 is 66.9 Å². The lowest BCUT2D eigenvalue weighted by atomic mass is 9.99. The topological polar surface area (TPSA) is 237 Å². The lowest BCUT2D eigenvalue weighted by Gasteiger charge is -2.25. The van der Waals surface area contributed by atoms with Gasteiger partial charge in [-0.05, 0) is 5.92 Å². The third-order valence-corrected chi connectivity index (χ3v) is 4.98. The van der Waals surface area contributed by atoms with Crippen LogP contribution in [0.25, 0.3) is 0 Å². The summed E-state index contributed by atoms with van der Waals surface area (Å²) in [7, 11) is 0. The average molecular weight is 470 g/mol. The fraction of sp³-hybridized carbons (Fsp3) is 0.579. The van der Waals surface area contributed by atoms with Crippen molar-refractivity contribution < 1.29 is 39.3 Å². The molecule has 1 aromatic heterocycles. The number of amides is 3. The largest absolute Gasteiger partial charge is 0.481 e. The van der Waals surface area contributed by atoms with Crippen molar-refractivity contribution in [3.8, 4) is 0 Å². The number of carboxylic acids is 2. The number of nitrogens with zero attached hydrogens (tertiary/aromatic N) is 1. The Bertz CT molecular complexity index is 830. The Kier molecular flexibility index (Phi) is 10.9. The van der Waals surface area contributed by atoms with Gasteiger partial charge in [-0.3, -0.25) is 19.2 Å². The van der Waals surface area contributed by atoms with E-state index in [0.29, 0.717) is 12.1 Å². The molecule has 0 spiro atoms. The van der Waals surface area contributed by atoms with Crippen molar-refractivity contribution in [3.63, 3.8) is 0 Å². The number of aliphatic hydroxyl groups is 1. The molecule has 14 heteroatoms. The van der Waals surface area contributed by atoms with Gasteiger partial charge in [-0.1, -0.05) is 20.3 Å². The predicted molar refractivity (Wildman–Crippen MR) is 112 cm³/mol. The van der Waals surface area contributed by atoms with Gasteiger partial charge < -0.3 is 42.0 Å². The molecule has 0 aromatic carbocycles. The Balaban J connectivity index is 2.98. The molecular formula is C19H30N6O8. The van der Waals surface area contributed by atoms with Gasteiger partial charge in [0, 0.05) is 18.3 Å². The lowest BCUT2D eigenvalue weighted by Crippen LogP contribution is -2.59. The van der Waals surface area contributed by atoms with Gasteiger partial charge in [0.05, 0.1) is 25.4 Å². The number of aliphatic carboxylic acids is 2. The Morgan fingerprint density at radius 2 is 1.61 bits per heavy atom. The van der Waals surface area contributed by atoms with E-state index in [2.05, 4.69) is 25.9 Å². The molecule has 0 saturated heterocycles. The Morgan fingerprint density at radius 3 is 2.09 bits per heavy atom. The summed E-state index contributed by atoms with van der Waals surface area (Å²) in [6.45, 7) is 2.79. The second-order valence-electron chi connectivity index (χ2n) is 7.49. The number of aromatic nitrogens is 2. The molecule has 0 fully saturated rings. The zero-order valence-electron chi connectivity index (χ0n) is 18.3. The van der Waals surface area contributed by atoms with Gasteiger partial charge in [0.2, 0.25) is 17.7 Å². The molecule has 0 aliphatic carbocycles. The van der Waals surface area contributed by atoms with Crippen LogP contribution < -0.4 is 21.7 Å². The molecule has 5 atom stereocenters. The van der Waals surface area contributed by atoms with Crippen LogP contribution >= 0.6 is 0 Å². The van der Waals surface area contributed by atoms with Crippen molar-refractivity contribution >= 4 is 29.7 Å². The van der Waals surface area contributed by atoms with Crippen LogP contribution in [0, 0.1) is 5.92 Å². The Hall–Kier alpha value is -3.52. The van der Waals surface area contributed by atoms with E-state index in [1.165, 1.54) is 12.5 Å². The smallest absolute Gasteiger partial charge is 0.326 e. The van der Waals surface area contributed by atoms with Crippen molar-refractivity contribution in [2.45, 2.75) is 57.3 Å². The van der Waals surface area contributed by atoms with E-state index in [0.717, 1.165) is 0 Å². The van der Waals surface area contributed by atoms with E-state index in [1.807, 2.05) is 6.92 Å². The first kappa shape index (κ1) is 27.5. The molecule has 0 bridgehead atoms. The summed E-state index contributed by atoms with van der Waals surface area (Å²) in [6.07, 6.45) is 2.26. The molecule has 0 aliphatic heterocycles. The van der Waals surface area contributed by atoms with Crippen LogP contribution in [0.15, 0.2) is 12.5 Å². The zero-order chi connectivity index (χ0) is 25.1. The van der Waals surface area contributed by atoms with Crippen LogP contribution in [0.3, 0.4) is 0 Å². The first-order chi connectivity index (χ1) is 15.5. The van der Waals surface area contributed by atoms with Gasteiger partial charge in [0.25, 0.3) is 0 Å². The molecule has 0 aliphatic rings. The fourth-order valence-electron chi connectivity index (χ4n) is 2.72. The van der Waals surface area contributed by atoms with Crippen LogP contribution in [-0.2, 0) is 30.4 Å². The predicted octanol–water partition coefficient (Wildman–Crippen LogP) is -2.67. The van der Waals surface area contributed by atoms with Crippen molar-refractivity contribution in [2.24, 2.45) is 11.7 Å². The molecule has 14 nitrogen and oxygen atoms in total. The summed E-state index contributed by atoms with van der Waals surface area (Å²) in [6, 6.07) is -5.46. The van der Waals surface area contributed by atoms with Gasteiger partial charge in [0.15, 0.2) is 0 Å². The summed E-state index contributed by atoms with van der Waals surface area (Å²) in [5, 5.41) is 34.3. The number of carbonyl (C=O) groups excluding carboxylic acids is 3. The van der Waals surface area contributed by atoms with Crippen LogP contribution in [0.1, 0.15) is 32.4 Å². The molecule has 184 valence electrons. The number of carbonyl (C=O) groups is 5. The Labute approximate surface area is 189 Å². The summed E-state index contributed by atoms with van der Waals surface area (Å²) >= 11 is 0. The van der Waals surface area contributed by atoms with Gasteiger partial charge in [-0.2, -0.15) is 0 Å². The third-order valence-electron chi connectivity index (χ3n) is 4.98. The van der Waals surface area contributed by atoms with Gasteiger partial charge in [-0.15, -0.1) is 0 Å². The van der Waals surface area contributed by atoms with Crippen LogP contribution in [0.5, 0.6) is 0 Å². The number of H-pyrrole nitrogens is 1. The normalized spacial score (nSPS) is 15.4. The monoisotopic (exact) mass is 470 g/mol. The second-order valence-corrected chi connectivity index (χ2v) is 7.49. The fourth-order valence-corrected chi connectivity index (χ4v) is 2.72. The maximum Gasteiger partial charge on any atom is 0.326 e. The molecule has 5 unspecified atom stereocenters. The summed E-state index contributed by atoms with van der Waals surface area (Å²) in [5.41, 5.74) is 6.24. The van der Waals surface area contributed by atoms with Crippen LogP contribution in [0.4, 0.5) is 0 Å². The molecule has 0 saturated carbocycles. The highest BCUT2D eigenvalue weighted by Crippen LogP contribution is 2.06. The summed E-state index contributed by atoms with van der Waals surface area (Å²) < 4.78 is 0. The van der Waals surface area contributed by atoms with E-state index in [4.69, 9.17) is 15.9 Å². The highest BCUT2D eigenvalue weighted by molar-refractivity contribution is 5.94. The minimum absolute atomic E-state index is 0.157. The summed E-state index contributed by atoms with van der Waals surface area (Å²) in [4.78, 5) is 66.3. The number of aromatic amines is 1. The van der Waals surface area contributed by atoms with E-state index in [9.17, 15) is 29.1 Å². The number of nitrogens with one attached hydrogen (secondary N) is 4. The van der Waals surface area contributed by atoms with Crippen LogP contribution in [-0.4, -0.2) is 85.7 Å². The van der Waals surface area contributed by atoms with Gasteiger partial charge in [-0.25, -0.2) is 9.78 Å². The van der Waals surface area contributed by atoms with Crippen molar-refractivity contribution in [1.29, 1.82) is 0 Å². The van der Waals surface area contributed by atoms with Gasteiger partial charge in [0.1, 0.15) is 18.1 Å². The van der Waals surface area contributed by atoms with Crippen molar-refractivity contribution in [2.75, 3.05) is 6.61 Å². The van der Waals surface area contributed by atoms with Gasteiger partial charge >= 0.3 is 11.9 Å². The number of nitrogens with two attached hydrogens (primary N) is 1. The summed E-state index contributed by atoms with van der Waals surface area (Å²) in [5.74, 6) is -5.78. The first-order valence-corrected chi connectivity index (χ1v) is 10.2. The minimum Gasteiger partial charge on any atom is -0.481 e. The molecule has 3 amide bonds. The number of aliphatic hydroxyl groups excluding tert-OH is 1. The third kappa shape index (κ3) is 8.86. The highest BCUT2D eigenvalue weighted by Gasteiger charge is 2.31. The number of imidazole rings is 1. The second kappa shape index (κ2) is 13.1.